The highest BCUT2D eigenvalue weighted by Crippen LogP contribution is 2.50. The molecule has 6 rings (SSSR count). The van der Waals surface area contributed by atoms with Crippen molar-refractivity contribution in [1.29, 1.82) is 0 Å². The molecule has 0 saturated carbocycles. The summed E-state index contributed by atoms with van der Waals surface area (Å²) in [6, 6.07) is 0.510. The number of rotatable bonds is 1. The second-order valence-corrected chi connectivity index (χ2v) is 10.00. The van der Waals surface area contributed by atoms with Gasteiger partial charge in [0.2, 0.25) is 17.4 Å². The van der Waals surface area contributed by atoms with Crippen molar-refractivity contribution in [2.24, 2.45) is 5.41 Å². The third kappa shape index (κ3) is 2.98. The Labute approximate surface area is 201 Å². The smallest absolute Gasteiger partial charge is 0.282 e. The molecule has 3 fully saturated rings. The number of morpholine rings is 1. The predicted molar refractivity (Wildman–Crippen MR) is 115 cm³/mol. The fourth-order valence-corrected chi connectivity index (χ4v) is 6.11. The molecule has 5 heterocycles. The number of nitrogens with zero attached hydrogens (tertiary/aromatic N) is 3. The second kappa shape index (κ2) is 7.28. The van der Waals surface area contributed by atoms with E-state index in [9.17, 15) is 28.0 Å². The lowest BCUT2D eigenvalue weighted by molar-refractivity contribution is -0.158. The summed E-state index contributed by atoms with van der Waals surface area (Å²) in [6.07, 6.45) is -1.81. The van der Waals surface area contributed by atoms with Gasteiger partial charge in [-0.15, -0.1) is 0 Å². The minimum atomic E-state index is -3.00. The SMILES string of the molecule is C[C@@H]1CN2c3c(cc4c(C(=O)N5CC(F)(F)C5)noc4c3F)CC3(C(=O)CC(=O)NC3=O)[C@@H]2[C@@H](C)O1. The molecule has 1 unspecified atom stereocenters. The zero-order chi connectivity index (χ0) is 25.7. The number of imide groups is 1. The van der Waals surface area contributed by atoms with Gasteiger partial charge in [-0.1, -0.05) is 5.16 Å². The second-order valence-electron chi connectivity index (χ2n) is 10.00. The van der Waals surface area contributed by atoms with Crippen molar-refractivity contribution in [2.75, 3.05) is 24.5 Å². The number of carbonyl (C=O) groups excluding carboxylic acids is 4. The van der Waals surface area contributed by atoms with Gasteiger partial charge in [-0.25, -0.2) is 13.2 Å². The molecule has 4 aliphatic heterocycles. The Bertz CT molecular complexity index is 1350. The van der Waals surface area contributed by atoms with Crippen LogP contribution in [0.5, 0.6) is 0 Å². The lowest BCUT2D eigenvalue weighted by Gasteiger charge is -2.55. The molecule has 1 aromatic heterocycles. The normalized spacial score (nSPS) is 31.2. The third-order valence-corrected chi connectivity index (χ3v) is 7.51. The number of amides is 3. The molecule has 3 amide bonds. The number of halogens is 3. The van der Waals surface area contributed by atoms with Crippen molar-refractivity contribution in [1.82, 2.24) is 15.4 Å². The standard InChI is InChI=1S/C23H21F3N4O6/c1-9-6-30-17-11(5-23(19(30)10(2)35-9)13(31)4-14(32)27-21(23)34)3-12-16(28-36-18(12)15(17)24)20(33)29-7-22(25,26)8-29/h3,9-10,19H,4-8H2,1-2H3,(H,27,32,34)/t9-,10-,19+,23?/m1/s1. The van der Waals surface area contributed by atoms with Crippen LogP contribution < -0.4 is 10.2 Å². The van der Waals surface area contributed by atoms with E-state index in [0.717, 1.165) is 4.90 Å². The summed E-state index contributed by atoms with van der Waals surface area (Å²) < 4.78 is 53.7. The van der Waals surface area contributed by atoms with Gasteiger partial charge in [-0.05, 0) is 31.9 Å². The monoisotopic (exact) mass is 506 g/mol. The molecule has 4 aliphatic rings. The Morgan fingerprint density at radius 3 is 2.61 bits per heavy atom. The van der Waals surface area contributed by atoms with Gasteiger partial charge in [-0.2, -0.15) is 0 Å². The molecular formula is C23H21F3N4O6. The highest BCUT2D eigenvalue weighted by atomic mass is 19.3. The summed E-state index contributed by atoms with van der Waals surface area (Å²) in [5, 5.41) is 5.87. The molecule has 1 aromatic carbocycles. The lowest BCUT2D eigenvalue weighted by atomic mass is 9.63. The molecule has 36 heavy (non-hydrogen) atoms. The Kier molecular flexibility index (Phi) is 4.64. The maximum Gasteiger partial charge on any atom is 0.282 e. The Morgan fingerprint density at radius 2 is 1.94 bits per heavy atom. The van der Waals surface area contributed by atoms with E-state index >= 15 is 4.39 Å². The highest BCUT2D eigenvalue weighted by Gasteiger charge is 2.62. The maximum atomic E-state index is 16.0. The van der Waals surface area contributed by atoms with Crippen LogP contribution in [0.4, 0.5) is 18.9 Å². The predicted octanol–water partition coefficient (Wildman–Crippen LogP) is 1.20. The number of benzene rings is 1. The van der Waals surface area contributed by atoms with E-state index in [1.807, 2.05) is 0 Å². The van der Waals surface area contributed by atoms with Crippen molar-refractivity contribution >= 4 is 40.2 Å². The van der Waals surface area contributed by atoms with Gasteiger partial charge >= 0.3 is 0 Å². The summed E-state index contributed by atoms with van der Waals surface area (Å²) >= 11 is 0. The number of carbonyl (C=O) groups is 4. The van der Waals surface area contributed by atoms with E-state index in [4.69, 9.17) is 9.26 Å². The Morgan fingerprint density at radius 1 is 1.22 bits per heavy atom. The number of fused-ring (bicyclic) bond motifs is 5. The first-order valence-electron chi connectivity index (χ1n) is 11.5. The quantitative estimate of drug-likeness (QED) is 0.452. The molecular weight excluding hydrogens is 485 g/mol. The minimum absolute atomic E-state index is 0.0471. The molecule has 0 radical (unpaired) electrons. The fraction of sp³-hybridized carbons (Fsp3) is 0.522. The van der Waals surface area contributed by atoms with Crippen molar-refractivity contribution < 1.29 is 41.6 Å². The number of piperidine rings is 1. The van der Waals surface area contributed by atoms with Gasteiger partial charge < -0.3 is 19.1 Å². The summed E-state index contributed by atoms with van der Waals surface area (Å²) in [5.41, 5.74) is -2.08. The van der Waals surface area contributed by atoms with Crippen LogP contribution in [0.1, 0.15) is 36.3 Å². The van der Waals surface area contributed by atoms with Gasteiger partial charge in [0, 0.05) is 6.54 Å². The molecule has 0 aliphatic carbocycles. The third-order valence-electron chi connectivity index (χ3n) is 7.51. The molecule has 3 saturated heterocycles. The number of aromatic nitrogens is 1. The van der Waals surface area contributed by atoms with Crippen LogP contribution >= 0.6 is 0 Å². The minimum Gasteiger partial charge on any atom is -0.372 e. The molecule has 10 nitrogen and oxygen atoms in total. The number of Topliss-reactive ketones (excluding diaryl/α,β-unsaturated/α-hetero) is 1. The maximum absolute atomic E-state index is 16.0. The topological polar surface area (TPSA) is 122 Å². The summed E-state index contributed by atoms with van der Waals surface area (Å²) in [7, 11) is 0. The van der Waals surface area contributed by atoms with E-state index in [2.05, 4.69) is 10.5 Å². The van der Waals surface area contributed by atoms with Gasteiger partial charge in [0.25, 0.3) is 11.8 Å². The van der Waals surface area contributed by atoms with E-state index in [1.165, 1.54) is 6.07 Å². The molecule has 0 bridgehead atoms. The molecule has 1 N–H and O–H groups in total. The first-order valence-corrected chi connectivity index (χ1v) is 11.5. The number of ether oxygens (including phenoxy) is 1. The largest absolute Gasteiger partial charge is 0.372 e. The van der Waals surface area contributed by atoms with Crippen LogP contribution in [0.25, 0.3) is 11.0 Å². The average molecular weight is 506 g/mol. The van der Waals surface area contributed by atoms with E-state index < -0.39 is 72.3 Å². The summed E-state index contributed by atoms with van der Waals surface area (Å²) in [6.45, 7) is 2.02. The summed E-state index contributed by atoms with van der Waals surface area (Å²) in [5.74, 6) is -6.80. The van der Waals surface area contributed by atoms with Crippen molar-refractivity contribution in [3.8, 4) is 0 Å². The van der Waals surface area contributed by atoms with Crippen molar-refractivity contribution in [3.05, 3.63) is 23.1 Å². The van der Waals surface area contributed by atoms with Gasteiger partial charge in [-0.3, -0.25) is 24.5 Å². The van der Waals surface area contributed by atoms with Gasteiger partial charge in [0.15, 0.2) is 17.3 Å². The van der Waals surface area contributed by atoms with Gasteiger partial charge in [0.05, 0.1) is 48.8 Å². The number of ketones is 1. The number of alkyl halides is 2. The van der Waals surface area contributed by atoms with Crippen LogP contribution in [0.15, 0.2) is 10.6 Å². The average Bonchev–Trinajstić information content (AvgIpc) is 3.18. The molecule has 4 atom stereocenters. The van der Waals surface area contributed by atoms with E-state index in [-0.39, 0.29) is 47.0 Å². The van der Waals surface area contributed by atoms with Crippen LogP contribution in [0.3, 0.4) is 0 Å². The Hall–Kier alpha value is -3.48. The molecule has 190 valence electrons. The van der Waals surface area contributed by atoms with Crippen LogP contribution in [-0.4, -0.2) is 77.4 Å². The fourth-order valence-electron chi connectivity index (χ4n) is 6.11. The van der Waals surface area contributed by atoms with Crippen molar-refractivity contribution in [2.45, 2.75) is 50.9 Å². The zero-order valence-electron chi connectivity index (χ0n) is 19.3. The Balaban J connectivity index is 1.52. The first-order chi connectivity index (χ1) is 16.9. The highest BCUT2D eigenvalue weighted by molar-refractivity contribution is 6.22. The van der Waals surface area contributed by atoms with Crippen molar-refractivity contribution in [3.63, 3.8) is 0 Å². The number of nitrogens with one attached hydrogen (secondary N) is 1. The molecule has 2 aromatic rings. The van der Waals surface area contributed by atoms with E-state index in [1.54, 1.807) is 18.7 Å². The number of likely N-dealkylation sites (tertiary alicyclic amines) is 1. The van der Waals surface area contributed by atoms with Crippen LogP contribution in [0.2, 0.25) is 0 Å². The first kappa shape index (κ1) is 23.0. The summed E-state index contributed by atoms with van der Waals surface area (Å²) in [4.78, 5) is 53.8. The number of hydrogen-bond acceptors (Lipinski definition) is 8. The lowest BCUT2D eigenvalue weighted by Crippen LogP contribution is -2.72. The number of anilines is 1. The van der Waals surface area contributed by atoms with Crippen LogP contribution in [0, 0.1) is 11.2 Å². The molecule has 1 spiro atoms. The van der Waals surface area contributed by atoms with E-state index in [0.29, 0.717) is 0 Å². The van der Waals surface area contributed by atoms with Crippen LogP contribution in [-0.2, 0) is 25.5 Å². The number of hydrogen-bond donors (Lipinski definition) is 1. The zero-order valence-corrected chi connectivity index (χ0v) is 19.3. The molecule has 13 heteroatoms. The van der Waals surface area contributed by atoms with Gasteiger partial charge in [0.1, 0.15) is 5.41 Å².